The Balaban J connectivity index is 1.98. The molecule has 0 spiro atoms. The molecule has 10 nitrogen and oxygen atoms in total. The summed E-state index contributed by atoms with van der Waals surface area (Å²) < 4.78 is 0. The van der Waals surface area contributed by atoms with E-state index >= 15 is 0 Å². The van der Waals surface area contributed by atoms with Crippen molar-refractivity contribution < 1.29 is 29.1 Å². The Morgan fingerprint density at radius 2 is 2.04 bits per heavy atom. The van der Waals surface area contributed by atoms with Gasteiger partial charge >= 0.3 is 5.97 Å². The summed E-state index contributed by atoms with van der Waals surface area (Å²) in [5.74, 6) is -3.03. The number of nitrogens with one attached hydrogen (secondary N) is 2. The maximum atomic E-state index is 12.5. The van der Waals surface area contributed by atoms with Crippen LogP contribution in [0.15, 0.2) is 0 Å². The van der Waals surface area contributed by atoms with E-state index in [1.54, 1.807) is 0 Å². The van der Waals surface area contributed by atoms with Crippen molar-refractivity contribution in [2.45, 2.75) is 56.7 Å². The molecule has 0 aromatic rings. The first-order valence-electron chi connectivity index (χ1n) is 8.21. The van der Waals surface area contributed by atoms with Crippen molar-refractivity contribution in [3.05, 3.63) is 0 Å². The minimum Gasteiger partial charge on any atom is -0.480 e. The van der Waals surface area contributed by atoms with E-state index in [9.17, 15) is 24.0 Å². The largest absolute Gasteiger partial charge is 0.480 e. The molecule has 0 saturated carbocycles. The fraction of sp³-hybridized carbons (Fsp3) is 0.667. The van der Waals surface area contributed by atoms with E-state index in [1.807, 2.05) is 0 Å². The van der Waals surface area contributed by atoms with E-state index in [0.717, 1.165) is 0 Å². The summed E-state index contributed by atoms with van der Waals surface area (Å²) in [4.78, 5) is 59.6. The lowest BCUT2D eigenvalue weighted by molar-refractivity contribution is -0.144. The highest BCUT2D eigenvalue weighted by molar-refractivity contribution is 5.95. The predicted octanol–water partition coefficient (Wildman–Crippen LogP) is -1.91. The molecule has 2 heterocycles. The van der Waals surface area contributed by atoms with Gasteiger partial charge in [-0.2, -0.15) is 0 Å². The minimum atomic E-state index is -1.27. The van der Waals surface area contributed by atoms with Crippen LogP contribution >= 0.6 is 0 Å². The van der Waals surface area contributed by atoms with E-state index in [-0.39, 0.29) is 31.1 Å². The van der Waals surface area contributed by atoms with Gasteiger partial charge in [0, 0.05) is 19.4 Å². The van der Waals surface area contributed by atoms with Crippen molar-refractivity contribution in [3.8, 4) is 0 Å². The zero-order valence-electron chi connectivity index (χ0n) is 13.7. The molecule has 2 rings (SSSR count). The number of primary amides is 1. The Kier molecular flexibility index (Phi) is 5.94. The molecule has 5 N–H and O–H groups in total. The van der Waals surface area contributed by atoms with Crippen molar-refractivity contribution in [1.29, 1.82) is 0 Å². The van der Waals surface area contributed by atoms with Crippen LogP contribution in [0.25, 0.3) is 0 Å². The number of hydrogen-bond donors (Lipinski definition) is 4. The number of rotatable bonds is 7. The molecule has 25 heavy (non-hydrogen) atoms. The van der Waals surface area contributed by atoms with Crippen LogP contribution in [0.1, 0.15) is 38.5 Å². The number of carbonyl (C=O) groups is 5. The highest BCUT2D eigenvalue weighted by Gasteiger charge is 2.40. The molecule has 2 aliphatic rings. The first kappa shape index (κ1) is 18.7. The number of carboxylic acid groups (broad SMARTS) is 1. The number of nitrogens with two attached hydrogens (primary N) is 1. The lowest BCUT2D eigenvalue weighted by Gasteiger charge is -2.27. The molecule has 4 amide bonds. The first-order chi connectivity index (χ1) is 11.8. The van der Waals surface area contributed by atoms with Crippen LogP contribution in [0.5, 0.6) is 0 Å². The molecule has 2 fully saturated rings. The minimum absolute atomic E-state index is 0.115. The monoisotopic (exact) mass is 354 g/mol. The first-order valence-corrected chi connectivity index (χ1v) is 8.21. The van der Waals surface area contributed by atoms with Crippen LogP contribution < -0.4 is 16.4 Å². The van der Waals surface area contributed by atoms with E-state index < -0.39 is 35.9 Å². The summed E-state index contributed by atoms with van der Waals surface area (Å²) in [7, 11) is 0. The second kappa shape index (κ2) is 7.95. The number of amides is 4. The quantitative estimate of drug-likeness (QED) is 0.417. The van der Waals surface area contributed by atoms with Crippen LogP contribution in [0, 0.1) is 0 Å². The summed E-state index contributed by atoms with van der Waals surface area (Å²) in [6.07, 6.45) is 1.41. The van der Waals surface area contributed by atoms with Gasteiger partial charge in [-0.1, -0.05) is 0 Å². The summed E-state index contributed by atoms with van der Waals surface area (Å²) in [5.41, 5.74) is 5.00. The van der Waals surface area contributed by atoms with Crippen LogP contribution in [-0.4, -0.2) is 64.3 Å². The second-order valence-electron chi connectivity index (χ2n) is 6.25. The summed E-state index contributed by atoms with van der Waals surface area (Å²) >= 11 is 0. The summed E-state index contributed by atoms with van der Waals surface area (Å²) in [6.45, 7) is 0.377. The van der Waals surface area contributed by atoms with Crippen LogP contribution in [-0.2, 0) is 24.0 Å². The van der Waals surface area contributed by atoms with Crippen LogP contribution in [0.3, 0.4) is 0 Å². The molecule has 2 aliphatic heterocycles. The molecule has 10 heteroatoms. The Labute approximate surface area is 144 Å². The lowest BCUT2D eigenvalue weighted by Crippen LogP contribution is -2.54. The molecule has 2 saturated heterocycles. The molecule has 0 aliphatic carbocycles. The van der Waals surface area contributed by atoms with Crippen molar-refractivity contribution in [1.82, 2.24) is 15.5 Å². The predicted molar refractivity (Wildman–Crippen MR) is 83.9 cm³/mol. The van der Waals surface area contributed by atoms with Gasteiger partial charge in [0.1, 0.15) is 18.1 Å². The molecular formula is C15H22N4O6. The molecule has 138 valence electrons. The number of carboxylic acids is 1. The Hall–Kier alpha value is -2.65. The third kappa shape index (κ3) is 4.68. The third-order valence-electron chi connectivity index (χ3n) is 4.43. The Morgan fingerprint density at radius 1 is 1.32 bits per heavy atom. The van der Waals surface area contributed by atoms with E-state index in [0.29, 0.717) is 25.8 Å². The van der Waals surface area contributed by atoms with Gasteiger partial charge in [0.2, 0.25) is 23.6 Å². The van der Waals surface area contributed by atoms with Crippen molar-refractivity contribution in [3.63, 3.8) is 0 Å². The molecule has 0 bridgehead atoms. The fourth-order valence-corrected chi connectivity index (χ4v) is 3.11. The van der Waals surface area contributed by atoms with E-state index in [1.165, 1.54) is 4.90 Å². The molecule has 3 atom stereocenters. The summed E-state index contributed by atoms with van der Waals surface area (Å²) in [6, 6.07) is -2.66. The molecule has 0 aromatic carbocycles. The van der Waals surface area contributed by atoms with Gasteiger partial charge in [-0.15, -0.1) is 0 Å². The number of aliphatic carboxylic acids is 1. The summed E-state index contributed by atoms with van der Waals surface area (Å²) in [5, 5.41) is 14.1. The number of likely N-dealkylation sites (tertiary alicyclic amines) is 1. The maximum absolute atomic E-state index is 12.5. The van der Waals surface area contributed by atoms with Crippen LogP contribution in [0.2, 0.25) is 0 Å². The number of hydrogen-bond acceptors (Lipinski definition) is 5. The average molecular weight is 354 g/mol. The maximum Gasteiger partial charge on any atom is 0.326 e. The van der Waals surface area contributed by atoms with Gasteiger partial charge in [0.05, 0.1) is 0 Å². The van der Waals surface area contributed by atoms with Crippen LogP contribution in [0.4, 0.5) is 0 Å². The number of carbonyl (C=O) groups excluding carboxylic acids is 4. The zero-order chi connectivity index (χ0) is 18.6. The fourth-order valence-electron chi connectivity index (χ4n) is 3.11. The van der Waals surface area contributed by atoms with E-state index in [4.69, 9.17) is 10.8 Å². The molecular weight excluding hydrogens is 332 g/mol. The Bertz CT molecular complexity index is 593. The van der Waals surface area contributed by atoms with Crippen molar-refractivity contribution in [2.75, 3.05) is 6.54 Å². The van der Waals surface area contributed by atoms with Gasteiger partial charge in [-0.25, -0.2) is 4.79 Å². The standard InChI is InChI=1S/C15H22N4O6/c16-11(20)5-3-9(15(24)25)18-13(22)10-2-1-7-19(10)14(23)8-4-6-12(21)17-8/h8-10H,1-7H2,(H2,16,20)(H,17,21)(H,18,22)(H,24,25)/t8-,9-,10-/m0/s1. The molecule has 0 aromatic heterocycles. The topological polar surface area (TPSA) is 159 Å². The normalized spacial score (nSPS) is 23.8. The zero-order valence-corrected chi connectivity index (χ0v) is 13.7. The van der Waals surface area contributed by atoms with Gasteiger partial charge in [0.25, 0.3) is 0 Å². The highest BCUT2D eigenvalue weighted by atomic mass is 16.4. The lowest BCUT2D eigenvalue weighted by atomic mass is 10.1. The third-order valence-corrected chi connectivity index (χ3v) is 4.43. The van der Waals surface area contributed by atoms with Gasteiger partial charge < -0.3 is 26.4 Å². The van der Waals surface area contributed by atoms with Gasteiger partial charge in [-0.3, -0.25) is 19.2 Å². The number of nitrogens with zero attached hydrogens (tertiary/aromatic N) is 1. The average Bonchev–Trinajstić information content (AvgIpc) is 3.18. The van der Waals surface area contributed by atoms with E-state index in [2.05, 4.69) is 10.6 Å². The second-order valence-corrected chi connectivity index (χ2v) is 6.25. The van der Waals surface area contributed by atoms with Crippen molar-refractivity contribution >= 4 is 29.6 Å². The highest BCUT2D eigenvalue weighted by Crippen LogP contribution is 2.21. The smallest absolute Gasteiger partial charge is 0.326 e. The molecule has 0 radical (unpaired) electrons. The Morgan fingerprint density at radius 3 is 2.60 bits per heavy atom. The van der Waals surface area contributed by atoms with Gasteiger partial charge in [0.15, 0.2) is 0 Å². The van der Waals surface area contributed by atoms with Crippen molar-refractivity contribution in [2.24, 2.45) is 5.73 Å². The molecule has 0 unspecified atom stereocenters. The van der Waals surface area contributed by atoms with Gasteiger partial charge in [-0.05, 0) is 25.7 Å². The SMILES string of the molecule is NC(=O)CC[C@H](NC(=O)[C@@H]1CCCN1C(=O)[C@@H]1CCC(=O)N1)C(=O)O.